The van der Waals surface area contributed by atoms with Gasteiger partial charge in [-0.05, 0) is 111 Å². The van der Waals surface area contributed by atoms with Crippen LogP contribution in [0.1, 0.15) is 106 Å². The Morgan fingerprint density at radius 3 is 2.28 bits per heavy atom. The number of benzene rings is 2. The van der Waals surface area contributed by atoms with Crippen LogP contribution in [-0.4, -0.2) is 53.6 Å². The molecule has 1 saturated carbocycles. The van der Waals surface area contributed by atoms with Gasteiger partial charge in [-0.25, -0.2) is 0 Å². The highest BCUT2D eigenvalue weighted by Crippen LogP contribution is 2.44. The SMILES string of the molecule is C=O.CCC(c1ccc(C(=O)NCCCC(=O)O)cc1)N(C)C1(/N=C(\C)c2cc(Cl)cc(CCl)c2)CCC(C(C)C)CC1. The van der Waals surface area contributed by atoms with E-state index in [0.717, 1.165) is 54.5 Å². The number of carboxylic acid groups (broad SMARTS) is 1. The van der Waals surface area contributed by atoms with Crippen molar-refractivity contribution in [2.45, 2.75) is 90.2 Å². The van der Waals surface area contributed by atoms with Crippen molar-refractivity contribution in [1.29, 1.82) is 0 Å². The Balaban J connectivity index is 0.00000316. The number of alkyl halides is 1. The van der Waals surface area contributed by atoms with Gasteiger partial charge < -0.3 is 15.2 Å². The van der Waals surface area contributed by atoms with E-state index in [0.29, 0.717) is 41.3 Å². The van der Waals surface area contributed by atoms with Gasteiger partial charge in [0.25, 0.3) is 5.91 Å². The van der Waals surface area contributed by atoms with Gasteiger partial charge in [0.15, 0.2) is 0 Å². The van der Waals surface area contributed by atoms with Gasteiger partial charge in [0.1, 0.15) is 12.5 Å². The minimum absolute atomic E-state index is 0.0382. The number of hydrogen-bond donors (Lipinski definition) is 2. The van der Waals surface area contributed by atoms with E-state index < -0.39 is 5.97 Å². The fraction of sp³-hybridized carbons (Fsp3) is 0.529. The Morgan fingerprint density at radius 1 is 1.12 bits per heavy atom. The van der Waals surface area contributed by atoms with Crippen LogP contribution in [0.25, 0.3) is 0 Å². The van der Waals surface area contributed by atoms with Crippen molar-refractivity contribution < 1.29 is 19.5 Å². The van der Waals surface area contributed by atoms with Crippen LogP contribution in [0, 0.1) is 11.8 Å². The van der Waals surface area contributed by atoms with Gasteiger partial charge in [-0.3, -0.25) is 19.5 Å². The molecule has 9 heteroatoms. The number of aliphatic imine (C=N–C) groups is 1. The van der Waals surface area contributed by atoms with Crippen LogP contribution in [0.15, 0.2) is 47.5 Å². The van der Waals surface area contributed by atoms with E-state index >= 15 is 0 Å². The third kappa shape index (κ3) is 10.2. The average molecular weight is 633 g/mol. The lowest BCUT2D eigenvalue weighted by Crippen LogP contribution is -2.50. The zero-order valence-corrected chi connectivity index (χ0v) is 27.7. The Labute approximate surface area is 267 Å². The molecule has 1 unspecified atom stereocenters. The van der Waals surface area contributed by atoms with Gasteiger partial charge >= 0.3 is 5.97 Å². The monoisotopic (exact) mass is 631 g/mol. The molecule has 0 spiro atoms. The summed E-state index contributed by atoms with van der Waals surface area (Å²) in [6.45, 7) is 11.2. The highest BCUT2D eigenvalue weighted by atomic mass is 35.5. The van der Waals surface area contributed by atoms with Gasteiger partial charge in [-0.1, -0.05) is 44.5 Å². The maximum Gasteiger partial charge on any atom is 0.303 e. The number of carbonyl (C=O) groups is 3. The zero-order valence-electron chi connectivity index (χ0n) is 26.2. The molecule has 3 rings (SSSR count). The predicted molar refractivity (Wildman–Crippen MR) is 176 cm³/mol. The first-order valence-electron chi connectivity index (χ1n) is 15.0. The lowest BCUT2D eigenvalue weighted by Gasteiger charge is -2.48. The molecular formula is C34H47Cl2N3O4. The van der Waals surface area contributed by atoms with E-state index in [1.165, 1.54) is 0 Å². The molecule has 0 radical (unpaired) electrons. The molecule has 236 valence electrons. The van der Waals surface area contributed by atoms with E-state index in [2.05, 4.69) is 51.0 Å². The lowest BCUT2D eigenvalue weighted by molar-refractivity contribution is -0.137. The summed E-state index contributed by atoms with van der Waals surface area (Å²) in [5, 5.41) is 12.3. The number of nitrogens with one attached hydrogen (secondary N) is 1. The van der Waals surface area contributed by atoms with E-state index in [-0.39, 0.29) is 24.0 Å². The van der Waals surface area contributed by atoms with Gasteiger partial charge in [0.05, 0.1) is 0 Å². The summed E-state index contributed by atoms with van der Waals surface area (Å²) in [5.74, 6) is 0.684. The number of amides is 1. The zero-order chi connectivity index (χ0) is 32.2. The number of rotatable bonds is 13. The molecule has 0 bridgehead atoms. The van der Waals surface area contributed by atoms with Crippen molar-refractivity contribution in [3.8, 4) is 0 Å². The summed E-state index contributed by atoms with van der Waals surface area (Å²) in [4.78, 5) is 39.2. The summed E-state index contributed by atoms with van der Waals surface area (Å²) in [7, 11) is 2.19. The molecule has 43 heavy (non-hydrogen) atoms. The molecule has 1 atom stereocenters. The second-order valence-electron chi connectivity index (χ2n) is 11.7. The first-order chi connectivity index (χ1) is 20.5. The largest absolute Gasteiger partial charge is 0.481 e. The first-order valence-corrected chi connectivity index (χ1v) is 15.9. The molecule has 2 aromatic carbocycles. The number of carboxylic acids is 1. The molecule has 2 N–H and O–H groups in total. The van der Waals surface area contributed by atoms with E-state index in [1.54, 1.807) is 0 Å². The minimum atomic E-state index is -0.860. The van der Waals surface area contributed by atoms with Gasteiger partial charge in [-0.15, -0.1) is 11.6 Å². The average Bonchev–Trinajstić information content (AvgIpc) is 3.00. The van der Waals surface area contributed by atoms with Crippen LogP contribution in [0.2, 0.25) is 5.02 Å². The fourth-order valence-corrected chi connectivity index (χ4v) is 6.46. The first kappa shape index (κ1) is 36.5. The maximum absolute atomic E-state index is 12.6. The second kappa shape index (κ2) is 17.5. The predicted octanol–water partition coefficient (Wildman–Crippen LogP) is 7.92. The molecule has 1 aliphatic carbocycles. The van der Waals surface area contributed by atoms with Gasteiger partial charge in [-0.2, -0.15) is 0 Å². The molecular weight excluding hydrogens is 585 g/mol. The normalized spacial score (nSPS) is 19.5. The van der Waals surface area contributed by atoms with Crippen LogP contribution in [0.3, 0.4) is 0 Å². The van der Waals surface area contributed by atoms with Crippen LogP contribution in [-0.2, 0) is 15.5 Å². The molecule has 0 saturated heterocycles. The summed E-state index contributed by atoms with van der Waals surface area (Å²) in [6, 6.07) is 13.8. The summed E-state index contributed by atoms with van der Waals surface area (Å²) in [6.07, 6.45) is 5.53. The van der Waals surface area contributed by atoms with E-state index in [9.17, 15) is 9.59 Å². The minimum Gasteiger partial charge on any atom is -0.481 e. The topological polar surface area (TPSA) is 99.1 Å². The second-order valence-corrected chi connectivity index (χ2v) is 12.4. The van der Waals surface area contributed by atoms with Crippen molar-refractivity contribution >= 4 is 47.6 Å². The quantitative estimate of drug-likeness (QED) is 0.133. The van der Waals surface area contributed by atoms with Crippen molar-refractivity contribution in [2.75, 3.05) is 13.6 Å². The molecule has 0 heterocycles. The van der Waals surface area contributed by atoms with Gasteiger partial charge in [0, 0.05) is 41.2 Å². The smallest absolute Gasteiger partial charge is 0.303 e. The Morgan fingerprint density at radius 2 is 1.74 bits per heavy atom. The number of aliphatic carboxylic acids is 1. The molecule has 1 fully saturated rings. The van der Waals surface area contributed by atoms with Gasteiger partial charge in [0.2, 0.25) is 0 Å². The lowest BCUT2D eigenvalue weighted by atomic mass is 9.75. The molecule has 0 aliphatic heterocycles. The van der Waals surface area contributed by atoms with Crippen molar-refractivity contribution in [1.82, 2.24) is 10.2 Å². The van der Waals surface area contributed by atoms with Crippen LogP contribution < -0.4 is 5.32 Å². The number of hydrogen-bond acceptors (Lipinski definition) is 5. The molecule has 0 aromatic heterocycles. The van der Waals surface area contributed by atoms with Crippen LogP contribution >= 0.6 is 23.2 Å². The number of nitrogens with zero attached hydrogens (tertiary/aromatic N) is 2. The molecule has 7 nitrogen and oxygen atoms in total. The summed E-state index contributed by atoms with van der Waals surface area (Å²) in [5.41, 5.74) is 4.28. The highest BCUT2D eigenvalue weighted by molar-refractivity contribution is 6.31. The third-order valence-electron chi connectivity index (χ3n) is 8.60. The van der Waals surface area contributed by atoms with Crippen LogP contribution in [0.4, 0.5) is 0 Å². The standard InChI is InChI=1S/C33H45Cl2N3O3.CH2O/c1-6-30(26-9-11-27(12-10-26)32(41)36-17-7-8-31(39)40)38(5)33(15-13-25(14-16-33)22(2)3)37-23(4)28-18-24(21-34)19-29(35)20-28;1-2/h9-12,18-20,22,25,30H,6-8,13-17,21H2,1-5H3,(H,36,41)(H,39,40);1H2/b37-23+;. The van der Waals surface area contributed by atoms with Crippen molar-refractivity contribution in [3.05, 3.63) is 69.7 Å². The third-order valence-corrected chi connectivity index (χ3v) is 9.13. The molecule has 2 aromatic rings. The Kier molecular flexibility index (Phi) is 14.9. The summed E-state index contributed by atoms with van der Waals surface area (Å²) < 4.78 is 0. The number of halogens is 2. The molecule has 1 amide bonds. The fourth-order valence-electron chi connectivity index (χ4n) is 6.05. The Bertz CT molecular complexity index is 1220. The highest BCUT2D eigenvalue weighted by Gasteiger charge is 2.42. The van der Waals surface area contributed by atoms with E-state index in [1.807, 2.05) is 43.2 Å². The molecule has 1 aliphatic rings. The van der Waals surface area contributed by atoms with E-state index in [4.69, 9.17) is 38.1 Å². The van der Waals surface area contributed by atoms with Crippen molar-refractivity contribution in [3.63, 3.8) is 0 Å². The number of carbonyl (C=O) groups excluding carboxylic acids is 2. The Hall–Kier alpha value is -2.74. The summed E-state index contributed by atoms with van der Waals surface area (Å²) >= 11 is 12.6. The maximum atomic E-state index is 12.6. The van der Waals surface area contributed by atoms with Crippen molar-refractivity contribution in [2.24, 2.45) is 16.8 Å². The van der Waals surface area contributed by atoms with Crippen LogP contribution in [0.5, 0.6) is 0 Å².